The number of carbonyl (C=O) groups is 5. The summed E-state index contributed by atoms with van der Waals surface area (Å²) >= 11 is 0. The Bertz CT molecular complexity index is 1750. The number of hydrogen-bond acceptors (Lipinski definition) is 14. The molecule has 0 radical (unpaired) electrons. The Labute approximate surface area is 333 Å². The van der Waals surface area contributed by atoms with E-state index in [-0.39, 0.29) is 55.3 Å². The molecule has 2 aliphatic heterocycles. The van der Waals surface area contributed by atoms with Crippen molar-refractivity contribution < 1.29 is 67.3 Å². The molecule has 1 saturated heterocycles. The SMILES string of the molecule is CCCCCCCC(=O)O[C@H]1/C(=C/C(=O)OC)C[C@H]2CC(CO)OC(=O)CCOc3ccc(-c4ccc(C(=O)OC(C)C)cc4)cc3C(=O)OCC(C)(C)[C@]1(O)O2. The number of aliphatic hydroxyl groups excluding tert-OH is 1. The Kier molecular flexibility index (Phi) is 16.2. The number of carbonyl (C=O) groups excluding carboxylic acids is 5. The Morgan fingerprint density at radius 2 is 1.68 bits per heavy atom. The smallest absolute Gasteiger partial charge is 0.341 e. The van der Waals surface area contributed by atoms with E-state index >= 15 is 0 Å². The minimum absolute atomic E-state index is 0.00736. The third-order valence-corrected chi connectivity index (χ3v) is 9.86. The monoisotopic (exact) mass is 796 g/mol. The van der Waals surface area contributed by atoms with Crippen molar-refractivity contribution in [2.75, 3.05) is 26.9 Å². The van der Waals surface area contributed by atoms with Gasteiger partial charge in [-0.25, -0.2) is 14.4 Å². The van der Waals surface area contributed by atoms with Gasteiger partial charge in [0.1, 0.15) is 24.0 Å². The summed E-state index contributed by atoms with van der Waals surface area (Å²) in [6.45, 7) is 7.47. The van der Waals surface area contributed by atoms with Crippen molar-refractivity contribution in [3.63, 3.8) is 0 Å². The number of hydrogen-bond donors (Lipinski definition) is 2. The molecule has 1 unspecified atom stereocenters. The van der Waals surface area contributed by atoms with Crippen molar-refractivity contribution in [1.29, 1.82) is 0 Å². The van der Waals surface area contributed by atoms with Crippen molar-refractivity contribution in [3.05, 3.63) is 65.2 Å². The van der Waals surface area contributed by atoms with Crippen molar-refractivity contribution in [1.82, 2.24) is 0 Å². The first kappa shape index (κ1) is 44.9. The molecule has 4 atom stereocenters. The number of cyclic esters (lactones) is 2. The Hall–Kier alpha value is -4.79. The van der Waals surface area contributed by atoms with Gasteiger partial charge in [0.2, 0.25) is 5.79 Å². The van der Waals surface area contributed by atoms with E-state index in [1.54, 1.807) is 70.2 Å². The number of aliphatic hydroxyl groups is 2. The summed E-state index contributed by atoms with van der Waals surface area (Å²) in [7, 11) is 1.18. The summed E-state index contributed by atoms with van der Waals surface area (Å²) < 4.78 is 39.8. The van der Waals surface area contributed by atoms with Crippen LogP contribution in [-0.2, 0) is 42.8 Å². The Morgan fingerprint density at radius 1 is 0.982 bits per heavy atom. The number of methoxy groups -OCH3 is 1. The van der Waals surface area contributed by atoms with Gasteiger partial charge in [0, 0.05) is 18.9 Å². The number of esters is 5. The lowest BCUT2D eigenvalue weighted by Gasteiger charge is -2.51. The summed E-state index contributed by atoms with van der Waals surface area (Å²) in [5, 5.41) is 22.8. The van der Waals surface area contributed by atoms with Crippen molar-refractivity contribution in [2.24, 2.45) is 5.41 Å². The van der Waals surface area contributed by atoms with Crippen LogP contribution < -0.4 is 4.74 Å². The van der Waals surface area contributed by atoms with Crippen LogP contribution in [0.2, 0.25) is 0 Å². The molecule has 0 saturated carbocycles. The minimum atomic E-state index is -2.42. The first-order chi connectivity index (χ1) is 27.1. The molecule has 0 aromatic heterocycles. The lowest BCUT2D eigenvalue weighted by Crippen LogP contribution is -2.63. The average molecular weight is 797 g/mol. The molecular weight excluding hydrogens is 740 g/mol. The molecule has 0 amide bonds. The van der Waals surface area contributed by atoms with Gasteiger partial charge in [0.25, 0.3) is 0 Å². The summed E-state index contributed by atoms with van der Waals surface area (Å²) in [5.74, 6) is -5.75. The Morgan fingerprint density at radius 3 is 2.35 bits per heavy atom. The number of unbranched alkanes of at least 4 members (excludes halogenated alkanes) is 4. The molecular formula is C43H56O14. The zero-order valence-electron chi connectivity index (χ0n) is 33.7. The lowest BCUT2D eigenvalue weighted by atomic mass is 9.75. The molecule has 2 N–H and O–H groups in total. The van der Waals surface area contributed by atoms with Crippen molar-refractivity contribution in [2.45, 2.75) is 123 Å². The maximum absolute atomic E-state index is 14.0. The van der Waals surface area contributed by atoms with Gasteiger partial charge in [0.15, 0.2) is 6.10 Å². The molecule has 14 heteroatoms. The van der Waals surface area contributed by atoms with Gasteiger partial charge >= 0.3 is 29.8 Å². The highest BCUT2D eigenvalue weighted by molar-refractivity contribution is 5.95. The number of fused-ring (bicyclic) bond motifs is 3. The third kappa shape index (κ3) is 12.1. The van der Waals surface area contributed by atoms with Crippen LogP contribution in [0.5, 0.6) is 5.75 Å². The van der Waals surface area contributed by atoms with Gasteiger partial charge in [-0.15, -0.1) is 0 Å². The molecule has 1 fully saturated rings. The van der Waals surface area contributed by atoms with E-state index in [0.717, 1.165) is 31.8 Å². The van der Waals surface area contributed by atoms with E-state index < -0.39 is 72.6 Å². The summed E-state index contributed by atoms with van der Waals surface area (Å²) in [6.07, 6.45) is 1.23. The molecule has 2 aromatic carbocycles. The fraction of sp³-hybridized carbons (Fsp3) is 0.558. The maximum Gasteiger partial charge on any atom is 0.341 e. The fourth-order valence-electron chi connectivity index (χ4n) is 6.63. The first-order valence-electron chi connectivity index (χ1n) is 19.5. The largest absolute Gasteiger partial charge is 0.492 e. The molecule has 0 aliphatic carbocycles. The minimum Gasteiger partial charge on any atom is -0.492 e. The average Bonchev–Trinajstić information content (AvgIpc) is 3.17. The van der Waals surface area contributed by atoms with Gasteiger partial charge in [-0.3, -0.25) is 9.59 Å². The summed E-state index contributed by atoms with van der Waals surface area (Å²) in [5.41, 5.74) is 0.206. The van der Waals surface area contributed by atoms with E-state index in [1.807, 2.05) is 0 Å². The zero-order chi connectivity index (χ0) is 41.8. The number of rotatable bonds is 12. The maximum atomic E-state index is 14.0. The quantitative estimate of drug-likeness (QED) is 0.110. The van der Waals surface area contributed by atoms with Crippen LogP contribution in [0.1, 0.15) is 113 Å². The Balaban J connectivity index is 1.73. The molecule has 4 rings (SSSR count). The van der Waals surface area contributed by atoms with Gasteiger partial charge in [-0.2, -0.15) is 0 Å². The van der Waals surface area contributed by atoms with Crippen LogP contribution in [0.4, 0.5) is 0 Å². The van der Waals surface area contributed by atoms with E-state index in [9.17, 15) is 34.2 Å². The van der Waals surface area contributed by atoms with Crippen molar-refractivity contribution >= 4 is 29.8 Å². The fourth-order valence-corrected chi connectivity index (χ4v) is 6.63. The zero-order valence-corrected chi connectivity index (χ0v) is 33.7. The predicted molar refractivity (Wildman–Crippen MR) is 206 cm³/mol. The molecule has 14 nitrogen and oxygen atoms in total. The summed E-state index contributed by atoms with van der Waals surface area (Å²) in [4.78, 5) is 65.3. The molecule has 2 heterocycles. The highest BCUT2D eigenvalue weighted by Crippen LogP contribution is 2.46. The van der Waals surface area contributed by atoms with Gasteiger partial charge in [0.05, 0.1) is 49.9 Å². The molecule has 2 aliphatic rings. The number of ether oxygens (including phenoxy) is 7. The lowest BCUT2D eigenvalue weighted by molar-refractivity contribution is -0.340. The van der Waals surface area contributed by atoms with Crippen LogP contribution in [-0.4, -0.2) is 97.2 Å². The second-order valence-electron chi connectivity index (χ2n) is 15.2. The van der Waals surface area contributed by atoms with Crippen molar-refractivity contribution in [3.8, 4) is 16.9 Å². The van der Waals surface area contributed by atoms with Gasteiger partial charge < -0.3 is 43.4 Å². The van der Waals surface area contributed by atoms with E-state index in [4.69, 9.17) is 33.2 Å². The number of benzene rings is 2. The molecule has 0 spiro atoms. The van der Waals surface area contributed by atoms with Crippen LogP contribution in [0, 0.1) is 5.41 Å². The molecule has 57 heavy (non-hydrogen) atoms. The van der Waals surface area contributed by atoms with E-state index in [1.165, 1.54) is 7.11 Å². The third-order valence-electron chi connectivity index (χ3n) is 9.86. The van der Waals surface area contributed by atoms with Gasteiger partial charge in [-0.05, 0) is 67.7 Å². The van der Waals surface area contributed by atoms with Gasteiger partial charge in [-0.1, -0.05) is 64.7 Å². The van der Waals surface area contributed by atoms with Crippen LogP contribution in [0.15, 0.2) is 54.1 Å². The first-order valence-corrected chi connectivity index (χ1v) is 19.5. The standard InChI is InChI=1S/C43H56O14/c1-7-8-9-10-11-12-36(45)56-39-31(23-38(47)51-6)21-32-24-33(25-44)55-37(46)19-20-52-35-18-17-30(28-13-15-29(16-14-28)40(48)54-27(2)3)22-34(35)41(49)53-26-42(4,5)43(39,50)57-32/h13-18,22-23,27,32-33,39,44,50H,7-12,19-21,24-26H2,1-6H3/b31-23+/t32-,33?,39-,43+/m0/s1. The summed E-state index contributed by atoms with van der Waals surface area (Å²) in [6, 6.07) is 11.4. The topological polar surface area (TPSA) is 190 Å². The van der Waals surface area contributed by atoms with Crippen LogP contribution >= 0.6 is 0 Å². The predicted octanol–water partition coefficient (Wildman–Crippen LogP) is 6.03. The second kappa shape index (κ2) is 20.6. The second-order valence-corrected chi connectivity index (χ2v) is 15.2. The molecule has 2 bridgehead atoms. The molecule has 2 aromatic rings. The van der Waals surface area contributed by atoms with E-state index in [0.29, 0.717) is 23.1 Å². The highest BCUT2D eigenvalue weighted by atomic mass is 16.7. The normalized spacial score (nSPS) is 23.4. The highest BCUT2D eigenvalue weighted by Gasteiger charge is 2.59. The van der Waals surface area contributed by atoms with Crippen LogP contribution in [0.3, 0.4) is 0 Å². The van der Waals surface area contributed by atoms with E-state index in [2.05, 4.69) is 6.92 Å². The van der Waals surface area contributed by atoms with Crippen LogP contribution in [0.25, 0.3) is 11.1 Å². The molecule has 312 valence electrons.